The molecule has 3 rings (SSSR count). The van der Waals surface area contributed by atoms with E-state index in [1.807, 2.05) is 32.9 Å². The van der Waals surface area contributed by atoms with Gasteiger partial charge >= 0.3 is 0 Å². The first-order valence-corrected chi connectivity index (χ1v) is 8.80. The van der Waals surface area contributed by atoms with Crippen LogP contribution in [0.15, 0.2) is 73.3 Å². The SMILES string of the molecule is C=C/C(=C\C=C/C)c1cccc2c1-c1ccccc1C2(C)C.CC. The molecule has 0 unspecified atom stereocenters. The predicted octanol–water partition coefficient (Wildman–Crippen LogP) is 7.16. The van der Waals surface area contributed by atoms with Gasteiger partial charge in [-0.3, -0.25) is 0 Å². The average Bonchev–Trinajstić information content (AvgIpc) is 2.86. The molecule has 0 amide bonds. The molecule has 0 radical (unpaired) electrons. The Hall–Kier alpha value is -2.34. The number of rotatable bonds is 3. The van der Waals surface area contributed by atoms with E-state index in [1.165, 1.54) is 33.4 Å². The standard InChI is InChI=1S/C22H22.C2H6/c1-5-7-11-16(6-2)17-13-10-15-20-21(17)18-12-8-9-14-19(18)22(20,3)4;1-2/h5-15H,2H2,1,3-4H3;1-2H3/b7-5-,16-11+;. The summed E-state index contributed by atoms with van der Waals surface area (Å²) >= 11 is 0. The monoisotopic (exact) mass is 316 g/mol. The zero-order valence-electron chi connectivity index (χ0n) is 15.6. The normalized spacial score (nSPS) is 14.6. The maximum Gasteiger partial charge on any atom is 0.0159 e. The van der Waals surface area contributed by atoms with Crippen molar-refractivity contribution in [1.29, 1.82) is 0 Å². The number of benzene rings is 2. The first kappa shape index (κ1) is 18.0. The first-order chi connectivity index (χ1) is 11.6. The molecule has 0 bridgehead atoms. The molecule has 124 valence electrons. The summed E-state index contributed by atoms with van der Waals surface area (Å²) in [6.07, 6.45) is 8.20. The third-order valence-corrected chi connectivity index (χ3v) is 4.61. The van der Waals surface area contributed by atoms with Gasteiger partial charge in [-0.25, -0.2) is 0 Å². The number of allylic oxidation sites excluding steroid dienone is 5. The molecular weight excluding hydrogens is 288 g/mol. The van der Waals surface area contributed by atoms with Crippen molar-refractivity contribution in [2.24, 2.45) is 0 Å². The number of hydrogen-bond acceptors (Lipinski definition) is 0. The Morgan fingerprint density at radius 1 is 0.958 bits per heavy atom. The van der Waals surface area contributed by atoms with Crippen molar-refractivity contribution in [1.82, 2.24) is 0 Å². The molecule has 0 aromatic heterocycles. The lowest BCUT2D eigenvalue weighted by atomic mass is 9.82. The van der Waals surface area contributed by atoms with Crippen LogP contribution >= 0.6 is 0 Å². The van der Waals surface area contributed by atoms with E-state index < -0.39 is 0 Å². The highest BCUT2D eigenvalue weighted by atomic mass is 14.4. The third-order valence-electron chi connectivity index (χ3n) is 4.61. The lowest BCUT2D eigenvalue weighted by Gasteiger charge is -2.21. The van der Waals surface area contributed by atoms with Gasteiger partial charge < -0.3 is 0 Å². The van der Waals surface area contributed by atoms with Gasteiger partial charge in [-0.1, -0.05) is 101 Å². The molecule has 1 aliphatic carbocycles. The molecule has 0 spiro atoms. The van der Waals surface area contributed by atoms with Gasteiger partial charge in [0.05, 0.1) is 0 Å². The zero-order valence-corrected chi connectivity index (χ0v) is 15.6. The van der Waals surface area contributed by atoms with E-state index in [-0.39, 0.29) is 5.41 Å². The Morgan fingerprint density at radius 3 is 2.29 bits per heavy atom. The lowest BCUT2D eigenvalue weighted by Crippen LogP contribution is -2.14. The van der Waals surface area contributed by atoms with E-state index in [2.05, 4.69) is 75.0 Å². The maximum absolute atomic E-state index is 4.01. The van der Waals surface area contributed by atoms with Crippen molar-refractivity contribution in [3.63, 3.8) is 0 Å². The topological polar surface area (TPSA) is 0 Å². The summed E-state index contributed by atoms with van der Waals surface area (Å²) in [5.41, 5.74) is 8.01. The first-order valence-electron chi connectivity index (χ1n) is 8.80. The van der Waals surface area contributed by atoms with Crippen LogP contribution in [0.4, 0.5) is 0 Å². The fourth-order valence-electron chi connectivity index (χ4n) is 3.46. The molecule has 0 heterocycles. The summed E-state index contributed by atoms with van der Waals surface area (Å²) in [7, 11) is 0. The molecule has 1 aliphatic rings. The Labute approximate surface area is 147 Å². The van der Waals surface area contributed by atoms with Gasteiger partial charge in [0, 0.05) is 5.41 Å². The third kappa shape index (κ3) is 2.89. The molecular formula is C24H28. The molecule has 0 N–H and O–H groups in total. The zero-order chi connectivity index (χ0) is 17.7. The van der Waals surface area contributed by atoms with Gasteiger partial charge in [0.25, 0.3) is 0 Å². The summed E-state index contributed by atoms with van der Waals surface area (Å²) in [5.74, 6) is 0. The Balaban J connectivity index is 0.00000100. The average molecular weight is 316 g/mol. The summed E-state index contributed by atoms with van der Waals surface area (Å²) < 4.78 is 0. The summed E-state index contributed by atoms with van der Waals surface area (Å²) in [6.45, 7) is 14.7. The van der Waals surface area contributed by atoms with Gasteiger partial charge in [-0.05, 0) is 40.3 Å². The molecule has 0 atom stereocenters. The van der Waals surface area contributed by atoms with Gasteiger partial charge in [-0.2, -0.15) is 0 Å². The van der Waals surface area contributed by atoms with Crippen LogP contribution in [0.1, 0.15) is 51.3 Å². The van der Waals surface area contributed by atoms with Crippen LogP contribution in [0.2, 0.25) is 0 Å². The Morgan fingerprint density at radius 2 is 1.62 bits per heavy atom. The van der Waals surface area contributed by atoms with E-state index in [1.54, 1.807) is 0 Å². The molecule has 24 heavy (non-hydrogen) atoms. The maximum atomic E-state index is 4.01. The van der Waals surface area contributed by atoms with Gasteiger partial charge in [-0.15, -0.1) is 0 Å². The van der Waals surface area contributed by atoms with Crippen molar-refractivity contribution in [2.45, 2.75) is 40.0 Å². The van der Waals surface area contributed by atoms with Gasteiger partial charge in [0.2, 0.25) is 0 Å². The highest BCUT2D eigenvalue weighted by Crippen LogP contribution is 2.50. The molecule has 0 saturated heterocycles. The fraction of sp³-hybridized carbons (Fsp3) is 0.250. The van der Waals surface area contributed by atoms with E-state index in [9.17, 15) is 0 Å². The largest absolute Gasteiger partial charge is 0.0984 e. The molecule has 0 heteroatoms. The molecule has 2 aromatic carbocycles. The molecule has 0 aliphatic heterocycles. The van der Waals surface area contributed by atoms with Crippen molar-refractivity contribution in [3.8, 4) is 11.1 Å². The van der Waals surface area contributed by atoms with Crippen LogP contribution in [0.25, 0.3) is 16.7 Å². The van der Waals surface area contributed by atoms with Crippen LogP contribution in [0.3, 0.4) is 0 Å². The van der Waals surface area contributed by atoms with Crippen molar-refractivity contribution < 1.29 is 0 Å². The number of hydrogen-bond donors (Lipinski definition) is 0. The van der Waals surface area contributed by atoms with Crippen LogP contribution in [0.5, 0.6) is 0 Å². The second kappa shape index (κ2) is 7.49. The van der Waals surface area contributed by atoms with Crippen molar-refractivity contribution in [2.75, 3.05) is 0 Å². The minimum atomic E-state index is 0.0504. The summed E-state index contributed by atoms with van der Waals surface area (Å²) in [4.78, 5) is 0. The molecule has 2 aromatic rings. The van der Waals surface area contributed by atoms with Gasteiger partial charge in [0.1, 0.15) is 0 Å². The quantitative estimate of drug-likeness (QED) is 0.527. The second-order valence-electron chi connectivity index (χ2n) is 6.25. The highest BCUT2D eigenvalue weighted by molar-refractivity contribution is 5.92. The van der Waals surface area contributed by atoms with Crippen LogP contribution in [-0.2, 0) is 5.41 Å². The van der Waals surface area contributed by atoms with E-state index in [0.29, 0.717) is 0 Å². The van der Waals surface area contributed by atoms with Crippen molar-refractivity contribution >= 4 is 5.57 Å². The summed E-state index contributed by atoms with van der Waals surface area (Å²) in [6, 6.07) is 15.4. The van der Waals surface area contributed by atoms with E-state index in [4.69, 9.17) is 0 Å². The Bertz CT molecular complexity index is 785. The molecule has 0 saturated carbocycles. The molecule has 0 nitrogen and oxygen atoms in total. The van der Waals surface area contributed by atoms with Crippen molar-refractivity contribution in [3.05, 3.63) is 90.0 Å². The Kier molecular flexibility index (Phi) is 5.62. The minimum Gasteiger partial charge on any atom is -0.0984 e. The highest BCUT2D eigenvalue weighted by Gasteiger charge is 2.36. The second-order valence-corrected chi connectivity index (χ2v) is 6.25. The van der Waals surface area contributed by atoms with E-state index in [0.717, 1.165) is 0 Å². The fourth-order valence-corrected chi connectivity index (χ4v) is 3.46. The van der Waals surface area contributed by atoms with Crippen LogP contribution in [-0.4, -0.2) is 0 Å². The smallest absolute Gasteiger partial charge is 0.0159 e. The van der Waals surface area contributed by atoms with Crippen LogP contribution < -0.4 is 0 Å². The minimum absolute atomic E-state index is 0.0504. The van der Waals surface area contributed by atoms with Crippen LogP contribution in [0, 0.1) is 0 Å². The summed E-state index contributed by atoms with van der Waals surface area (Å²) in [5, 5.41) is 0. The molecule has 0 fully saturated rings. The predicted molar refractivity (Wildman–Crippen MR) is 108 cm³/mol. The van der Waals surface area contributed by atoms with E-state index >= 15 is 0 Å². The number of fused-ring (bicyclic) bond motifs is 3. The lowest BCUT2D eigenvalue weighted by molar-refractivity contribution is 0.660. The van der Waals surface area contributed by atoms with Gasteiger partial charge in [0.15, 0.2) is 0 Å².